The van der Waals surface area contributed by atoms with Crippen LogP contribution >= 0.6 is 0 Å². The lowest BCUT2D eigenvalue weighted by Crippen LogP contribution is -2.45. The summed E-state index contributed by atoms with van der Waals surface area (Å²) in [5, 5.41) is 3.68. The van der Waals surface area contributed by atoms with Gasteiger partial charge in [-0.2, -0.15) is 0 Å². The third-order valence-electron chi connectivity index (χ3n) is 4.76. The lowest BCUT2D eigenvalue weighted by atomic mass is 9.96. The standard InChI is InChI=1S/C15H30N2/c1-11(2)15-6-5-9-17(15)13(4)12(3)10-16-14-7-8-14/h11-16H,5-10H2,1-4H3. The van der Waals surface area contributed by atoms with Crippen molar-refractivity contribution in [3.05, 3.63) is 0 Å². The average Bonchev–Trinajstić information content (AvgIpc) is 2.99. The molecule has 1 aliphatic carbocycles. The van der Waals surface area contributed by atoms with Crippen LogP contribution in [0.1, 0.15) is 53.4 Å². The van der Waals surface area contributed by atoms with Crippen molar-refractivity contribution in [3.63, 3.8) is 0 Å². The van der Waals surface area contributed by atoms with E-state index in [0.717, 1.165) is 30.0 Å². The second-order valence-electron chi connectivity index (χ2n) is 6.59. The van der Waals surface area contributed by atoms with E-state index in [9.17, 15) is 0 Å². The minimum atomic E-state index is 0.733. The van der Waals surface area contributed by atoms with Crippen LogP contribution in [-0.2, 0) is 0 Å². The van der Waals surface area contributed by atoms with Crippen molar-refractivity contribution >= 4 is 0 Å². The Labute approximate surface area is 107 Å². The SMILES string of the molecule is CC(C)C1CCCN1C(C)C(C)CNC1CC1. The highest BCUT2D eigenvalue weighted by molar-refractivity contribution is 4.88. The molecule has 1 saturated carbocycles. The summed E-state index contributed by atoms with van der Waals surface area (Å²) in [6.07, 6.45) is 5.61. The Kier molecular flexibility index (Phi) is 4.48. The van der Waals surface area contributed by atoms with E-state index in [1.807, 2.05) is 0 Å². The molecular weight excluding hydrogens is 208 g/mol. The fraction of sp³-hybridized carbons (Fsp3) is 1.00. The maximum Gasteiger partial charge on any atom is 0.0122 e. The maximum absolute atomic E-state index is 3.68. The average molecular weight is 238 g/mol. The molecule has 17 heavy (non-hydrogen) atoms. The summed E-state index contributed by atoms with van der Waals surface area (Å²) in [7, 11) is 0. The van der Waals surface area contributed by atoms with Crippen LogP contribution in [0.15, 0.2) is 0 Å². The summed E-state index contributed by atoms with van der Waals surface area (Å²) >= 11 is 0. The summed E-state index contributed by atoms with van der Waals surface area (Å²) in [5.74, 6) is 1.58. The summed E-state index contributed by atoms with van der Waals surface area (Å²) in [6.45, 7) is 12.1. The fourth-order valence-electron chi connectivity index (χ4n) is 3.17. The number of hydrogen-bond acceptors (Lipinski definition) is 2. The normalized spacial score (nSPS) is 29.8. The van der Waals surface area contributed by atoms with Crippen LogP contribution in [0.3, 0.4) is 0 Å². The van der Waals surface area contributed by atoms with Crippen LogP contribution in [0.4, 0.5) is 0 Å². The smallest absolute Gasteiger partial charge is 0.0122 e. The molecule has 2 aliphatic rings. The highest BCUT2D eigenvalue weighted by Gasteiger charge is 2.33. The van der Waals surface area contributed by atoms with E-state index in [-0.39, 0.29) is 0 Å². The molecule has 2 heteroatoms. The molecule has 3 unspecified atom stereocenters. The van der Waals surface area contributed by atoms with Crippen molar-refractivity contribution in [2.45, 2.75) is 71.5 Å². The van der Waals surface area contributed by atoms with Crippen LogP contribution in [-0.4, -0.2) is 36.1 Å². The molecule has 3 atom stereocenters. The third kappa shape index (κ3) is 3.45. The van der Waals surface area contributed by atoms with Gasteiger partial charge in [-0.05, 0) is 57.5 Å². The van der Waals surface area contributed by atoms with Gasteiger partial charge in [0.15, 0.2) is 0 Å². The minimum absolute atomic E-state index is 0.733. The van der Waals surface area contributed by atoms with E-state index in [1.54, 1.807) is 0 Å². The summed E-state index contributed by atoms with van der Waals surface area (Å²) in [4.78, 5) is 2.77. The molecule has 0 bridgehead atoms. The van der Waals surface area contributed by atoms with Gasteiger partial charge in [0.1, 0.15) is 0 Å². The van der Waals surface area contributed by atoms with Gasteiger partial charge < -0.3 is 5.32 Å². The molecular formula is C15H30N2. The predicted octanol–water partition coefficient (Wildman–Crippen LogP) is 2.88. The number of nitrogens with zero attached hydrogens (tertiary/aromatic N) is 1. The van der Waals surface area contributed by atoms with Gasteiger partial charge in [-0.3, -0.25) is 4.90 Å². The zero-order chi connectivity index (χ0) is 12.4. The van der Waals surface area contributed by atoms with Gasteiger partial charge in [-0.15, -0.1) is 0 Å². The molecule has 1 N–H and O–H groups in total. The van der Waals surface area contributed by atoms with Gasteiger partial charge in [0.05, 0.1) is 0 Å². The zero-order valence-corrected chi connectivity index (χ0v) is 12.1. The molecule has 2 fully saturated rings. The molecule has 0 radical (unpaired) electrons. The Balaban J connectivity index is 1.81. The number of rotatable bonds is 6. The van der Waals surface area contributed by atoms with E-state index < -0.39 is 0 Å². The molecule has 0 aromatic carbocycles. The lowest BCUT2D eigenvalue weighted by Gasteiger charge is -2.36. The van der Waals surface area contributed by atoms with Gasteiger partial charge in [0.2, 0.25) is 0 Å². The van der Waals surface area contributed by atoms with Crippen molar-refractivity contribution in [2.24, 2.45) is 11.8 Å². The van der Waals surface area contributed by atoms with Crippen LogP contribution < -0.4 is 5.32 Å². The molecule has 1 heterocycles. The van der Waals surface area contributed by atoms with Crippen molar-refractivity contribution < 1.29 is 0 Å². The zero-order valence-electron chi connectivity index (χ0n) is 12.1. The quantitative estimate of drug-likeness (QED) is 0.765. The van der Waals surface area contributed by atoms with Crippen molar-refractivity contribution in [3.8, 4) is 0 Å². The first kappa shape index (κ1) is 13.4. The highest BCUT2D eigenvalue weighted by atomic mass is 15.2. The van der Waals surface area contributed by atoms with Crippen LogP contribution in [0.25, 0.3) is 0 Å². The Morgan fingerprint density at radius 1 is 1.12 bits per heavy atom. The Morgan fingerprint density at radius 3 is 2.41 bits per heavy atom. The second-order valence-corrected chi connectivity index (χ2v) is 6.59. The van der Waals surface area contributed by atoms with E-state index in [2.05, 4.69) is 37.9 Å². The molecule has 1 aliphatic heterocycles. The Bertz CT molecular complexity index is 235. The topological polar surface area (TPSA) is 15.3 Å². The summed E-state index contributed by atoms with van der Waals surface area (Å²) in [5.41, 5.74) is 0. The molecule has 0 aromatic heterocycles. The molecule has 0 spiro atoms. The van der Waals surface area contributed by atoms with Gasteiger partial charge >= 0.3 is 0 Å². The van der Waals surface area contributed by atoms with Gasteiger partial charge in [-0.1, -0.05) is 20.8 Å². The van der Waals surface area contributed by atoms with Gasteiger partial charge in [0, 0.05) is 18.1 Å². The van der Waals surface area contributed by atoms with E-state index >= 15 is 0 Å². The molecule has 0 amide bonds. The van der Waals surface area contributed by atoms with Crippen molar-refractivity contribution in [1.82, 2.24) is 10.2 Å². The molecule has 1 saturated heterocycles. The molecule has 2 nitrogen and oxygen atoms in total. The predicted molar refractivity (Wildman–Crippen MR) is 74.2 cm³/mol. The molecule has 2 rings (SSSR count). The second kappa shape index (κ2) is 5.71. The first-order chi connectivity index (χ1) is 8.09. The van der Waals surface area contributed by atoms with Gasteiger partial charge in [0.25, 0.3) is 0 Å². The molecule has 0 aromatic rings. The fourth-order valence-corrected chi connectivity index (χ4v) is 3.17. The first-order valence-corrected chi connectivity index (χ1v) is 7.58. The number of likely N-dealkylation sites (tertiary alicyclic amines) is 1. The molecule has 100 valence electrons. The maximum atomic E-state index is 3.68. The van der Waals surface area contributed by atoms with E-state index in [4.69, 9.17) is 0 Å². The highest BCUT2D eigenvalue weighted by Crippen LogP contribution is 2.28. The van der Waals surface area contributed by atoms with Crippen molar-refractivity contribution in [2.75, 3.05) is 13.1 Å². The van der Waals surface area contributed by atoms with E-state index in [1.165, 1.54) is 38.8 Å². The number of nitrogens with one attached hydrogen (secondary N) is 1. The van der Waals surface area contributed by atoms with Crippen LogP contribution in [0.5, 0.6) is 0 Å². The largest absolute Gasteiger partial charge is 0.314 e. The number of hydrogen-bond donors (Lipinski definition) is 1. The Hall–Kier alpha value is -0.0800. The first-order valence-electron chi connectivity index (χ1n) is 7.58. The van der Waals surface area contributed by atoms with Gasteiger partial charge in [-0.25, -0.2) is 0 Å². The van der Waals surface area contributed by atoms with Crippen LogP contribution in [0.2, 0.25) is 0 Å². The third-order valence-corrected chi connectivity index (χ3v) is 4.76. The lowest BCUT2D eigenvalue weighted by molar-refractivity contribution is 0.118. The van der Waals surface area contributed by atoms with Crippen LogP contribution in [0, 0.1) is 11.8 Å². The van der Waals surface area contributed by atoms with Crippen molar-refractivity contribution in [1.29, 1.82) is 0 Å². The van der Waals surface area contributed by atoms with E-state index in [0.29, 0.717) is 0 Å². The summed E-state index contributed by atoms with van der Waals surface area (Å²) < 4.78 is 0. The summed E-state index contributed by atoms with van der Waals surface area (Å²) in [6, 6.07) is 2.41. The minimum Gasteiger partial charge on any atom is -0.314 e. The monoisotopic (exact) mass is 238 g/mol. The Morgan fingerprint density at radius 2 is 1.82 bits per heavy atom.